The minimum Gasteiger partial charge on any atom is -0.497 e. The SMILES string of the molecule is COc1cccc(S(=O)(=O)c2cn(CCCCN)c3ccncc23)c1. The molecule has 132 valence electrons. The van der Waals surface area contributed by atoms with Crippen LogP contribution < -0.4 is 10.5 Å². The summed E-state index contributed by atoms with van der Waals surface area (Å²) in [6.07, 6.45) is 6.74. The van der Waals surface area contributed by atoms with Crippen LogP contribution in [0.5, 0.6) is 5.75 Å². The monoisotopic (exact) mass is 359 g/mol. The van der Waals surface area contributed by atoms with Crippen molar-refractivity contribution in [2.75, 3.05) is 13.7 Å². The fraction of sp³-hybridized carbons (Fsp3) is 0.278. The predicted molar refractivity (Wildman–Crippen MR) is 96.5 cm³/mol. The number of sulfone groups is 1. The number of methoxy groups -OCH3 is 1. The standard InChI is InChI=1S/C18H21N3O3S/c1-24-14-5-4-6-15(11-14)25(22,23)18-13-21(10-3-2-8-19)17-7-9-20-12-16(17)18/h4-7,9,11-13H,2-3,8,10,19H2,1H3. The van der Waals surface area contributed by atoms with Gasteiger partial charge in [0, 0.05) is 30.5 Å². The van der Waals surface area contributed by atoms with E-state index in [2.05, 4.69) is 4.98 Å². The van der Waals surface area contributed by atoms with Crippen molar-refractivity contribution < 1.29 is 13.2 Å². The van der Waals surface area contributed by atoms with E-state index >= 15 is 0 Å². The van der Waals surface area contributed by atoms with Gasteiger partial charge in [0.25, 0.3) is 0 Å². The first kappa shape index (κ1) is 17.4. The summed E-state index contributed by atoms with van der Waals surface area (Å²) in [5.74, 6) is 0.505. The van der Waals surface area contributed by atoms with E-state index in [0.717, 1.165) is 18.4 Å². The third-order valence-corrected chi connectivity index (χ3v) is 5.92. The molecule has 6 nitrogen and oxygen atoms in total. The predicted octanol–water partition coefficient (Wildman–Crippen LogP) is 2.62. The number of fused-ring (bicyclic) bond motifs is 1. The number of benzene rings is 1. The Morgan fingerprint density at radius 3 is 2.84 bits per heavy atom. The summed E-state index contributed by atoms with van der Waals surface area (Å²) in [5, 5.41) is 0.623. The lowest BCUT2D eigenvalue weighted by Gasteiger charge is -2.05. The quantitative estimate of drug-likeness (QED) is 0.655. The summed E-state index contributed by atoms with van der Waals surface area (Å²) in [5.41, 5.74) is 6.41. The number of hydrogen-bond donors (Lipinski definition) is 1. The number of unbranched alkanes of at least 4 members (excludes halogenated alkanes) is 1. The van der Waals surface area contributed by atoms with Gasteiger partial charge < -0.3 is 15.0 Å². The highest BCUT2D eigenvalue weighted by Gasteiger charge is 2.24. The first-order valence-electron chi connectivity index (χ1n) is 8.10. The van der Waals surface area contributed by atoms with Crippen molar-refractivity contribution in [3.8, 4) is 5.75 Å². The molecule has 0 unspecified atom stereocenters. The second-order valence-corrected chi connectivity index (χ2v) is 7.68. The maximum Gasteiger partial charge on any atom is 0.208 e. The van der Waals surface area contributed by atoms with E-state index in [4.69, 9.17) is 10.5 Å². The Labute approximate surface area is 147 Å². The second kappa shape index (κ2) is 7.25. The van der Waals surface area contributed by atoms with E-state index in [1.54, 1.807) is 36.8 Å². The molecule has 3 aromatic rings. The van der Waals surface area contributed by atoms with Gasteiger partial charge in [-0.1, -0.05) is 6.07 Å². The molecule has 0 atom stereocenters. The Morgan fingerprint density at radius 2 is 2.08 bits per heavy atom. The van der Waals surface area contributed by atoms with E-state index in [9.17, 15) is 8.42 Å². The van der Waals surface area contributed by atoms with Crippen molar-refractivity contribution in [2.45, 2.75) is 29.2 Å². The third-order valence-electron chi connectivity index (χ3n) is 4.14. The number of rotatable bonds is 7. The lowest BCUT2D eigenvalue weighted by atomic mass is 10.3. The van der Waals surface area contributed by atoms with Crippen molar-refractivity contribution in [1.82, 2.24) is 9.55 Å². The summed E-state index contributed by atoms with van der Waals surface area (Å²) in [6, 6.07) is 8.33. The van der Waals surface area contributed by atoms with Crippen molar-refractivity contribution in [3.05, 3.63) is 48.9 Å². The molecule has 0 aliphatic carbocycles. The molecule has 2 N–H and O–H groups in total. The zero-order valence-corrected chi connectivity index (χ0v) is 14.9. The molecule has 1 aromatic carbocycles. The van der Waals surface area contributed by atoms with Gasteiger partial charge in [-0.3, -0.25) is 4.98 Å². The molecular weight excluding hydrogens is 338 g/mol. The molecule has 0 fully saturated rings. The minimum atomic E-state index is -3.67. The average Bonchev–Trinajstić information content (AvgIpc) is 3.02. The van der Waals surface area contributed by atoms with Gasteiger partial charge in [0.15, 0.2) is 0 Å². The Kier molecular flexibility index (Phi) is 5.06. The number of pyridine rings is 1. The molecule has 2 heterocycles. The second-order valence-electron chi connectivity index (χ2n) is 5.76. The number of aromatic nitrogens is 2. The molecule has 0 spiro atoms. The van der Waals surface area contributed by atoms with Gasteiger partial charge in [-0.15, -0.1) is 0 Å². The van der Waals surface area contributed by atoms with E-state index in [-0.39, 0.29) is 9.79 Å². The van der Waals surface area contributed by atoms with Crippen molar-refractivity contribution in [3.63, 3.8) is 0 Å². The Balaban J connectivity index is 2.10. The Hall–Kier alpha value is -2.38. The topological polar surface area (TPSA) is 87.2 Å². The molecule has 0 amide bonds. The van der Waals surface area contributed by atoms with Gasteiger partial charge in [-0.05, 0) is 43.7 Å². The smallest absolute Gasteiger partial charge is 0.208 e. The molecule has 25 heavy (non-hydrogen) atoms. The van der Waals surface area contributed by atoms with Crippen LogP contribution in [-0.2, 0) is 16.4 Å². The van der Waals surface area contributed by atoms with Gasteiger partial charge in [-0.2, -0.15) is 0 Å². The molecule has 0 aliphatic rings. The number of nitrogens with two attached hydrogens (primary N) is 1. The highest BCUT2D eigenvalue weighted by molar-refractivity contribution is 7.91. The van der Waals surface area contributed by atoms with Crippen LogP contribution in [0, 0.1) is 0 Å². The Morgan fingerprint density at radius 1 is 1.24 bits per heavy atom. The zero-order valence-electron chi connectivity index (χ0n) is 14.1. The largest absolute Gasteiger partial charge is 0.497 e. The maximum atomic E-state index is 13.1. The van der Waals surface area contributed by atoms with Gasteiger partial charge in [0.1, 0.15) is 5.75 Å². The molecule has 3 rings (SSSR count). The van der Waals surface area contributed by atoms with E-state index in [1.165, 1.54) is 13.2 Å². The Bertz CT molecular complexity index is 980. The van der Waals surface area contributed by atoms with Crippen molar-refractivity contribution in [1.29, 1.82) is 0 Å². The molecule has 0 bridgehead atoms. The van der Waals surface area contributed by atoms with Gasteiger partial charge in [-0.25, -0.2) is 8.42 Å². The maximum absolute atomic E-state index is 13.1. The molecule has 0 aliphatic heterocycles. The van der Waals surface area contributed by atoms with Crippen LogP contribution >= 0.6 is 0 Å². The van der Waals surface area contributed by atoms with Crippen LogP contribution in [0.25, 0.3) is 10.9 Å². The van der Waals surface area contributed by atoms with Crippen LogP contribution in [0.4, 0.5) is 0 Å². The van der Waals surface area contributed by atoms with Crippen LogP contribution in [0.15, 0.2) is 58.7 Å². The van der Waals surface area contributed by atoms with E-state index < -0.39 is 9.84 Å². The van der Waals surface area contributed by atoms with E-state index in [1.807, 2.05) is 10.6 Å². The van der Waals surface area contributed by atoms with Crippen molar-refractivity contribution >= 4 is 20.7 Å². The summed E-state index contributed by atoms with van der Waals surface area (Å²) < 4.78 is 33.4. The van der Waals surface area contributed by atoms with Gasteiger partial charge in [0.2, 0.25) is 9.84 Å². The highest BCUT2D eigenvalue weighted by Crippen LogP contribution is 2.31. The van der Waals surface area contributed by atoms with Gasteiger partial charge in [0.05, 0.1) is 22.4 Å². The fourth-order valence-corrected chi connectivity index (χ4v) is 4.32. The average molecular weight is 359 g/mol. The highest BCUT2D eigenvalue weighted by atomic mass is 32.2. The fourth-order valence-electron chi connectivity index (χ4n) is 2.83. The zero-order chi connectivity index (χ0) is 17.9. The summed E-state index contributed by atoms with van der Waals surface area (Å²) in [4.78, 5) is 4.57. The lowest BCUT2D eigenvalue weighted by molar-refractivity contribution is 0.413. The summed E-state index contributed by atoms with van der Waals surface area (Å²) in [6.45, 7) is 1.33. The number of ether oxygens (including phenoxy) is 1. The van der Waals surface area contributed by atoms with Crippen LogP contribution in [0.2, 0.25) is 0 Å². The van der Waals surface area contributed by atoms with Crippen molar-refractivity contribution in [2.24, 2.45) is 5.73 Å². The summed E-state index contributed by atoms with van der Waals surface area (Å²) in [7, 11) is -2.16. The third kappa shape index (κ3) is 3.38. The van der Waals surface area contributed by atoms with E-state index in [0.29, 0.717) is 24.2 Å². The molecule has 2 aromatic heterocycles. The summed E-state index contributed by atoms with van der Waals surface area (Å²) >= 11 is 0. The normalized spacial score (nSPS) is 11.8. The van der Waals surface area contributed by atoms with Crippen LogP contribution in [0.3, 0.4) is 0 Å². The first-order chi connectivity index (χ1) is 12.1. The van der Waals surface area contributed by atoms with Crippen LogP contribution in [-0.4, -0.2) is 31.6 Å². The molecule has 0 saturated carbocycles. The molecule has 0 radical (unpaired) electrons. The number of aryl methyl sites for hydroxylation is 1. The molecule has 7 heteroatoms. The lowest BCUT2D eigenvalue weighted by Crippen LogP contribution is -2.03. The first-order valence-corrected chi connectivity index (χ1v) is 9.58. The molecule has 0 saturated heterocycles. The minimum absolute atomic E-state index is 0.205. The van der Waals surface area contributed by atoms with Gasteiger partial charge >= 0.3 is 0 Å². The number of hydrogen-bond acceptors (Lipinski definition) is 5. The number of nitrogens with zero attached hydrogens (tertiary/aromatic N) is 2. The van der Waals surface area contributed by atoms with Crippen LogP contribution in [0.1, 0.15) is 12.8 Å². The molecular formula is C18H21N3O3S.